The summed E-state index contributed by atoms with van der Waals surface area (Å²) in [4.78, 5) is 0. The molecule has 0 aliphatic heterocycles. The van der Waals surface area contributed by atoms with Gasteiger partial charge in [-0.05, 0) is 17.2 Å². The molecular formula is C12H13O2. The zero-order valence-corrected chi connectivity index (χ0v) is 8.41. The van der Waals surface area contributed by atoms with Gasteiger partial charge in [0.25, 0.3) is 0 Å². The molecule has 14 heavy (non-hydrogen) atoms. The van der Waals surface area contributed by atoms with Crippen LogP contribution in [-0.4, -0.2) is 20.0 Å². The third-order valence-electron chi connectivity index (χ3n) is 2.59. The maximum atomic E-state index is 5.32. The van der Waals surface area contributed by atoms with Crippen LogP contribution < -0.4 is 0 Å². The maximum Gasteiger partial charge on any atom is 0.198 e. The topological polar surface area (TPSA) is 18.5 Å². The largest absolute Gasteiger partial charge is 0.349 e. The quantitative estimate of drug-likeness (QED) is 0.663. The molecule has 0 bridgehead atoms. The average Bonchev–Trinajstić information content (AvgIpc) is 2.28. The molecule has 0 saturated carbocycles. The second-order valence-corrected chi connectivity index (χ2v) is 3.33. The van der Waals surface area contributed by atoms with Crippen LogP contribution in [0.1, 0.15) is 11.1 Å². The van der Waals surface area contributed by atoms with Gasteiger partial charge < -0.3 is 9.47 Å². The lowest BCUT2D eigenvalue weighted by Gasteiger charge is -2.30. The SMILES string of the molecule is COC1(OC)[C]=Cc2ccccc2C1. The van der Waals surface area contributed by atoms with Crippen LogP contribution >= 0.6 is 0 Å². The highest BCUT2D eigenvalue weighted by Gasteiger charge is 2.30. The standard InChI is InChI=1S/C12H13O2/c1-13-12(14-2)8-7-10-5-3-4-6-11(10)9-12/h3-7H,9H2,1-2H3. The van der Waals surface area contributed by atoms with Gasteiger partial charge in [-0.25, -0.2) is 0 Å². The third kappa shape index (κ3) is 1.47. The number of ether oxygens (including phenoxy) is 2. The summed E-state index contributed by atoms with van der Waals surface area (Å²) in [5.41, 5.74) is 2.42. The van der Waals surface area contributed by atoms with Crippen molar-refractivity contribution in [1.29, 1.82) is 0 Å². The zero-order valence-electron chi connectivity index (χ0n) is 8.41. The van der Waals surface area contributed by atoms with Gasteiger partial charge in [0, 0.05) is 26.7 Å². The van der Waals surface area contributed by atoms with Crippen molar-refractivity contribution in [2.24, 2.45) is 0 Å². The number of benzene rings is 1. The van der Waals surface area contributed by atoms with Gasteiger partial charge in [0.1, 0.15) is 0 Å². The van der Waals surface area contributed by atoms with Crippen molar-refractivity contribution in [3.05, 3.63) is 41.5 Å². The summed E-state index contributed by atoms with van der Waals surface area (Å²) in [5, 5.41) is 0. The first-order valence-electron chi connectivity index (χ1n) is 4.59. The predicted molar refractivity (Wildman–Crippen MR) is 54.6 cm³/mol. The second kappa shape index (κ2) is 3.56. The van der Waals surface area contributed by atoms with Crippen LogP contribution in [0.2, 0.25) is 0 Å². The van der Waals surface area contributed by atoms with E-state index in [9.17, 15) is 0 Å². The molecule has 0 atom stereocenters. The van der Waals surface area contributed by atoms with E-state index in [1.165, 1.54) is 11.1 Å². The van der Waals surface area contributed by atoms with Crippen LogP contribution in [0.15, 0.2) is 24.3 Å². The molecule has 1 radical (unpaired) electrons. The number of hydrogen-bond donors (Lipinski definition) is 0. The van der Waals surface area contributed by atoms with Gasteiger partial charge in [0.15, 0.2) is 5.79 Å². The first-order chi connectivity index (χ1) is 6.79. The van der Waals surface area contributed by atoms with E-state index in [-0.39, 0.29) is 0 Å². The van der Waals surface area contributed by atoms with E-state index in [4.69, 9.17) is 9.47 Å². The summed E-state index contributed by atoms with van der Waals surface area (Å²) in [6.45, 7) is 0. The van der Waals surface area contributed by atoms with Gasteiger partial charge in [0.05, 0.1) is 0 Å². The molecule has 0 N–H and O–H groups in total. The Kier molecular flexibility index (Phi) is 2.40. The van der Waals surface area contributed by atoms with Crippen molar-refractivity contribution in [3.63, 3.8) is 0 Å². The summed E-state index contributed by atoms with van der Waals surface area (Å²) in [6.07, 6.45) is 5.76. The van der Waals surface area contributed by atoms with Crippen molar-refractivity contribution in [1.82, 2.24) is 0 Å². The lowest BCUT2D eigenvalue weighted by molar-refractivity contribution is -0.174. The fourth-order valence-electron chi connectivity index (χ4n) is 1.67. The van der Waals surface area contributed by atoms with Crippen LogP contribution in [0.25, 0.3) is 6.08 Å². The number of rotatable bonds is 2. The molecule has 2 nitrogen and oxygen atoms in total. The van der Waals surface area contributed by atoms with E-state index in [2.05, 4.69) is 18.2 Å². The smallest absolute Gasteiger partial charge is 0.198 e. The van der Waals surface area contributed by atoms with Crippen molar-refractivity contribution in [3.8, 4) is 0 Å². The Morgan fingerprint density at radius 2 is 1.93 bits per heavy atom. The molecule has 1 aliphatic carbocycles. The van der Waals surface area contributed by atoms with Crippen LogP contribution in [0, 0.1) is 6.08 Å². The highest BCUT2D eigenvalue weighted by atomic mass is 16.7. The normalized spacial score (nSPS) is 17.9. The fraction of sp³-hybridized carbons (Fsp3) is 0.333. The van der Waals surface area contributed by atoms with E-state index >= 15 is 0 Å². The minimum atomic E-state index is -0.700. The first kappa shape index (κ1) is 9.44. The van der Waals surface area contributed by atoms with Gasteiger partial charge >= 0.3 is 0 Å². The molecule has 0 amide bonds. The Bertz CT molecular complexity index is 351. The molecule has 73 valence electrons. The summed E-state index contributed by atoms with van der Waals surface area (Å²) >= 11 is 0. The van der Waals surface area contributed by atoms with E-state index in [1.54, 1.807) is 14.2 Å². The van der Waals surface area contributed by atoms with Gasteiger partial charge in [-0.15, -0.1) is 0 Å². The third-order valence-corrected chi connectivity index (χ3v) is 2.59. The molecule has 0 fully saturated rings. The first-order valence-corrected chi connectivity index (χ1v) is 4.59. The lowest BCUT2D eigenvalue weighted by atomic mass is 9.93. The monoisotopic (exact) mass is 189 g/mol. The van der Waals surface area contributed by atoms with Crippen LogP contribution in [-0.2, 0) is 15.9 Å². The minimum absolute atomic E-state index is 0.700. The van der Waals surface area contributed by atoms with Crippen LogP contribution in [0.4, 0.5) is 0 Å². The minimum Gasteiger partial charge on any atom is -0.349 e. The van der Waals surface area contributed by atoms with Gasteiger partial charge in [-0.3, -0.25) is 0 Å². The van der Waals surface area contributed by atoms with Crippen LogP contribution in [0.5, 0.6) is 0 Å². The molecule has 2 rings (SSSR count). The van der Waals surface area contributed by atoms with E-state index in [0.717, 1.165) is 0 Å². The molecule has 0 saturated heterocycles. The van der Waals surface area contributed by atoms with Gasteiger partial charge in [0.2, 0.25) is 0 Å². The van der Waals surface area contributed by atoms with Crippen molar-refractivity contribution < 1.29 is 9.47 Å². The Morgan fingerprint density at radius 1 is 1.21 bits per heavy atom. The van der Waals surface area contributed by atoms with Crippen molar-refractivity contribution in [2.45, 2.75) is 12.2 Å². The highest BCUT2D eigenvalue weighted by molar-refractivity contribution is 5.55. The molecule has 0 spiro atoms. The molecule has 0 heterocycles. The number of hydrogen-bond acceptors (Lipinski definition) is 2. The lowest BCUT2D eigenvalue weighted by Crippen LogP contribution is -2.36. The average molecular weight is 189 g/mol. The maximum absolute atomic E-state index is 5.32. The van der Waals surface area contributed by atoms with Gasteiger partial charge in [-0.2, -0.15) is 0 Å². The van der Waals surface area contributed by atoms with E-state index < -0.39 is 5.79 Å². The predicted octanol–water partition coefficient (Wildman–Crippen LogP) is 2.05. The molecule has 2 heteroatoms. The Labute approximate surface area is 84.2 Å². The number of methoxy groups -OCH3 is 2. The van der Waals surface area contributed by atoms with E-state index in [0.29, 0.717) is 6.42 Å². The van der Waals surface area contributed by atoms with Crippen molar-refractivity contribution >= 4 is 6.08 Å². The zero-order chi connectivity index (χ0) is 10.0. The molecular weight excluding hydrogens is 176 g/mol. The van der Waals surface area contributed by atoms with E-state index in [1.807, 2.05) is 18.2 Å². The summed E-state index contributed by atoms with van der Waals surface area (Å²) in [5.74, 6) is -0.700. The molecule has 1 aliphatic rings. The molecule has 0 aromatic heterocycles. The molecule has 0 unspecified atom stereocenters. The molecule has 1 aromatic rings. The van der Waals surface area contributed by atoms with Crippen LogP contribution in [0.3, 0.4) is 0 Å². The Morgan fingerprint density at radius 3 is 2.64 bits per heavy atom. The second-order valence-electron chi connectivity index (χ2n) is 3.33. The summed E-state index contributed by atoms with van der Waals surface area (Å²) < 4.78 is 10.6. The van der Waals surface area contributed by atoms with Gasteiger partial charge in [-0.1, -0.05) is 24.3 Å². The fourth-order valence-corrected chi connectivity index (χ4v) is 1.67. The Hall–Kier alpha value is -1.12. The highest BCUT2D eigenvalue weighted by Crippen LogP contribution is 2.27. The Balaban J connectivity index is 2.37. The summed E-state index contributed by atoms with van der Waals surface area (Å²) in [6, 6.07) is 8.19. The molecule has 1 aromatic carbocycles. The number of fused-ring (bicyclic) bond motifs is 1. The summed E-state index contributed by atoms with van der Waals surface area (Å²) in [7, 11) is 3.27. The van der Waals surface area contributed by atoms with Crippen molar-refractivity contribution in [2.75, 3.05) is 14.2 Å².